The molecule has 1 aliphatic carbocycles. The predicted molar refractivity (Wildman–Crippen MR) is 89.1 cm³/mol. The lowest BCUT2D eigenvalue weighted by Crippen LogP contribution is -2.39. The minimum absolute atomic E-state index is 0.0362. The predicted octanol–water partition coefficient (Wildman–Crippen LogP) is 4.55. The first-order valence-corrected chi connectivity index (χ1v) is 8.29. The van der Waals surface area contributed by atoms with Gasteiger partial charge in [-0.15, -0.1) is 0 Å². The van der Waals surface area contributed by atoms with Crippen LogP contribution in [-0.2, 0) is 11.2 Å². The second-order valence-corrected chi connectivity index (χ2v) is 6.35. The molecule has 1 heterocycles. The van der Waals surface area contributed by atoms with E-state index in [-0.39, 0.29) is 11.9 Å². The van der Waals surface area contributed by atoms with E-state index in [2.05, 4.69) is 5.32 Å². The quantitative estimate of drug-likeness (QED) is 0.877. The Labute approximate surface area is 144 Å². The largest absolute Gasteiger partial charge is 0.479 e. The molecule has 1 aromatic heterocycles. The van der Waals surface area contributed by atoms with E-state index in [1.807, 2.05) is 6.07 Å². The number of hydrogen-bond donors (Lipinski definition) is 1. The lowest BCUT2D eigenvalue weighted by molar-refractivity contribution is -0.128. The molecule has 6 heteroatoms. The number of ether oxygens (including phenoxy) is 1. The second kappa shape index (κ2) is 6.85. The Hall–Kier alpha value is -1.65. The summed E-state index contributed by atoms with van der Waals surface area (Å²) in [5, 5.41) is 3.72. The van der Waals surface area contributed by atoms with Gasteiger partial charge in [0.1, 0.15) is 16.5 Å². The van der Waals surface area contributed by atoms with Crippen LogP contribution in [0, 0.1) is 0 Å². The first kappa shape index (κ1) is 16.2. The van der Waals surface area contributed by atoms with Gasteiger partial charge in [-0.3, -0.25) is 4.79 Å². The average molecular weight is 354 g/mol. The molecule has 1 aromatic carbocycles. The first-order valence-electron chi connectivity index (χ1n) is 7.53. The zero-order valence-corrected chi connectivity index (χ0v) is 14.2. The number of carbonyl (C=O) groups excluding carboxylic acids is 1. The molecule has 0 saturated carbocycles. The molecule has 2 aromatic rings. The van der Waals surface area contributed by atoms with Gasteiger partial charge in [-0.1, -0.05) is 29.3 Å². The fraction of sp³-hybridized carbons (Fsp3) is 0.353. The summed E-state index contributed by atoms with van der Waals surface area (Å²) in [7, 11) is 0. The average Bonchev–Trinajstić information content (AvgIpc) is 3.01. The van der Waals surface area contributed by atoms with Crippen LogP contribution in [-0.4, -0.2) is 12.0 Å². The second-order valence-electron chi connectivity index (χ2n) is 5.56. The van der Waals surface area contributed by atoms with E-state index in [4.69, 9.17) is 32.4 Å². The molecule has 0 saturated heterocycles. The molecule has 2 atom stereocenters. The van der Waals surface area contributed by atoms with Gasteiger partial charge in [0.05, 0.1) is 17.3 Å². The number of halogens is 2. The number of furan rings is 1. The van der Waals surface area contributed by atoms with E-state index in [0.717, 1.165) is 30.6 Å². The van der Waals surface area contributed by atoms with Gasteiger partial charge in [0.25, 0.3) is 5.91 Å². The van der Waals surface area contributed by atoms with E-state index in [9.17, 15) is 4.79 Å². The highest BCUT2D eigenvalue weighted by Gasteiger charge is 2.26. The number of amides is 1. The summed E-state index contributed by atoms with van der Waals surface area (Å²) in [6.07, 6.45) is 3.78. The summed E-state index contributed by atoms with van der Waals surface area (Å²) in [5.74, 6) is 1.16. The van der Waals surface area contributed by atoms with Gasteiger partial charge in [-0.05, 0) is 38.0 Å². The molecule has 1 amide bonds. The Bertz CT molecular complexity index is 714. The number of rotatable bonds is 4. The van der Waals surface area contributed by atoms with Gasteiger partial charge in [0, 0.05) is 12.0 Å². The molecule has 1 aliphatic rings. The zero-order chi connectivity index (χ0) is 16.4. The highest BCUT2D eigenvalue weighted by atomic mass is 35.5. The summed E-state index contributed by atoms with van der Waals surface area (Å²) >= 11 is 12.0. The van der Waals surface area contributed by atoms with E-state index >= 15 is 0 Å². The topological polar surface area (TPSA) is 51.5 Å². The highest BCUT2D eigenvalue weighted by Crippen LogP contribution is 2.33. The molecule has 23 heavy (non-hydrogen) atoms. The maximum atomic E-state index is 12.4. The molecular formula is C17H17Cl2NO3. The molecule has 0 fully saturated rings. The molecule has 4 nitrogen and oxygen atoms in total. The molecular weight excluding hydrogens is 337 g/mol. The minimum atomic E-state index is -0.678. The van der Waals surface area contributed by atoms with Gasteiger partial charge < -0.3 is 14.5 Å². The Balaban J connectivity index is 1.66. The monoisotopic (exact) mass is 353 g/mol. The fourth-order valence-corrected chi connectivity index (χ4v) is 3.08. The summed E-state index contributed by atoms with van der Waals surface area (Å²) in [6, 6.07) is 6.97. The maximum Gasteiger partial charge on any atom is 0.261 e. The number of nitrogens with one attached hydrogen (secondary N) is 1. The van der Waals surface area contributed by atoms with Crippen LogP contribution < -0.4 is 10.1 Å². The van der Waals surface area contributed by atoms with Gasteiger partial charge in [-0.25, -0.2) is 0 Å². The third kappa shape index (κ3) is 3.48. The van der Waals surface area contributed by atoms with E-state index in [1.165, 1.54) is 0 Å². The lowest BCUT2D eigenvalue weighted by atomic mass is 9.93. The highest BCUT2D eigenvalue weighted by molar-refractivity contribution is 6.42. The Morgan fingerprint density at radius 3 is 3.04 bits per heavy atom. The summed E-state index contributed by atoms with van der Waals surface area (Å²) in [4.78, 5) is 12.4. The molecule has 0 aliphatic heterocycles. The van der Waals surface area contributed by atoms with Crippen LogP contribution in [0.1, 0.15) is 37.1 Å². The van der Waals surface area contributed by atoms with Crippen molar-refractivity contribution in [1.29, 1.82) is 0 Å². The Kier molecular flexibility index (Phi) is 4.83. The normalized spacial score (nSPS) is 18.1. The van der Waals surface area contributed by atoms with Crippen molar-refractivity contribution in [2.45, 2.75) is 38.3 Å². The molecule has 0 spiro atoms. The molecule has 0 radical (unpaired) electrons. The Morgan fingerprint density at radius 2 is 2.22 bits per heavy atom. The van der Waals surface area contributed by atoms with Crippen molar-refractivity contribution in [3.63, 3.8) is 0 Å². The van der Waals surface area contributed by atoms with Crippen molar-refractivity contribution in [2.75, 3.05) is 0 Å². The van der Waals surface area contributed by atoms with Crippen LogP contribution in [0.5, 0.6) is 5.75 Å². The summed E-state index contributed by atoms with van der Waals surface area (Å²) in [5.41, 5.74) is 1.05. The molecule has 2 unspecified atom stereocenters. The number of hydrogen-bond acceptors (Lipinski definition) is 3. The number of aryl methyl sites for hydroxylation is 1. The van der Waals surface area contributed by atoms with E-state index in [0.29, 0.717) is 15.8 Å². The standard InChI is InChI=1S/C17H17Cl2NO3/c1-10(23-15-7-2-4-12(18)16(15)19)17(21)20-13-5-3-6-14-11(13)8-9-22-14/h2,4,7-10,13H,3,5-6H2,1H3,(H,20,21). The smallest absolute Gasteiger partial charge is 0.261 e. The van der Waals surface area contributed by atoms with Crippen molar-refractivity contribution in [2.24, 2.45) is 0 Å². The van der Waals surface area contributed by atoms with Gasteiger partial charge in [0.2, 0.25) is 0 Å². The molecule has 1 N–H and O–H groups in total. The Morgan fingerprint density at radius 1 is 1.39 bits per heavy atom. The summed E-state index contributed by atoms with van der Waals surface area (Å²) in [6.45, 7) is 1.69. The number of benzene rings is 1. The third-order valence-corrected chi connectivity index (χ3v) is 4.76. The SMILES string of the molecule is CC(Oc1cccc(Cl)c1Cl)C(=O)NC1CCCc2occc21. The van der Waals surface area contributed by atoms with Crippen molar-refractivity contribution >= 4 is 29.1 Å². The van der Waals surface area contributed by atoms with Crippen LogP contribution in [0.2, 0.25) is 10.0 Å². The van der Waals surface area contributed by atoms with Crippen molar-refractivity contribution < 1.29 is 13.9 Å². The fourth-order valence-electron chi connectivity index (χ4n) is 2.74. The van der Waals surface area contributed by atoms with Gasteiger partial charge in [-0.2, -0.15) is 0 Å². The number of carbonyl (C=O) groups is 1. The van der Waals surface area contributed by atoms with Crippen LogP contribution >= 0.6 is 23.2 Å². The number of fused-ring (bicyclic) bond motifs is 1. The summed E-state index contributed by atoms with van der Waals surface area (Å²) < 4.78 is 11.1. The maximum absolute atomic E-state index is 12.4. The minimum Gasteiger partial charge on any atom is -0.479 e. The van der Waals surface area contributed by atoms with Crippen molar-refractivity contribution in [1.82, 2.24) is 5.32 Å². The third-order valence-electron chi connectivity index (χ3n) is 3.96. The molecule has 0 bridgehead atoms. The van der Waals surface area contributed by atoms with E-state index < -0.39 is 6.10 Å². The van der Waals surface area contributed by atoms with Gasteiger partial charge in [0.15, 0.2) is 6.10 Å². The molecule has 122 valence electrons. The van der Waals surface area contributed by atoms with Crippen LogP contribution in [0.4, 0.5) is 0 Å². The van der Waals surface area contributed by atoms with Crippen LogP contribution in [0.25, 0.3) is 0 Å². The molecule has 3 rings (SSSR count). The first-order chi connectivity index (χ1) is 11.1. The van der Waals surface area contributed by atoms with Crippen molar-refractivity contribution in [3.05, 3.63) is 51.9 Å². The van der Waals surface area contributed by atoms with Crippen molar-refractivity contribution in [3.8, 4) is 5.75 Å². The van der Waals surface area contributed by atoms with E-state index in [1.54, 1.807) is 31.4 Å². The van der Waals surface area contributed by atoms with Gasteiger partial charge >= 0.3 is 0 Å². The lowest BCUT2D eigenvalue weighted by Gasteiger charge is -2.24. The van der Waals surface area contributed by atoms with Crippen LogP contribution in [0.3, 0.4) is 0 Å². The van der Waals surface area contributed by atoms with Crippen LogP contribution in [0.15, 0.2) is 34.9 Å². The zero-order valence-electron chi connectivity index (χ0n) is 12.6.